The number of rotatable bonds is 5. The first-order chi connectivity index (χ1) is 4.66. The molecule has 1 unspecified atom stereocenters. The molecule has 2 nitrogen and oxygen atoms in total. The molecular weight excluding hydrogens is 175 g/mol. The Bertz CT molecular complexity index is 125. The lowest BCUT2D eigenvalue weighted by Crippen LogP contribution is -2.01. The monoisotopic (exact) mass is 182 g/mol. The van der Waals surface area contributed by atoms with Crippen molar-refractivity contribution in [3.05, 3.63) is 0 Å². The lowest BCUT2D eigenvalue weighted by molar-refractivity contribution is -0.112. The molecule has 0 aliphatic carbocycles. The molecule has 0 aromatic rings. The summed E-state index contributed by atoms with van der Waals surface area (Å²) in [5.74, 6) is 0. The number of halogens is 2. The number of carbonyl (C=O) groups is 2. The molecule has 0 aromatic heterocycles. The first-order valence-electron chi connectivity index (χ1n) is 2.93. The first kappa shape index (κ1) is 9.92. The lowest BCUT2D eigenvalue weighted by atomic mass is 10.2. The van der Waals surface area contributed by atoms with Gasteiger partial charge >= 0.3 is 0 Å². The standard InChI is InChI=1S/C6H8Cl2O2/c7-5(3-4-9)1-2-6(8)10/h4-5H,1-3H2. The van der Waals surface area contributed by atoms with Gasteiger partial charge in [-0.3, -0.25) is 4.79 Å². The van der Waals surface area contributed by atoms with Crippen LogP contribution in [-0.4, -0.2) is 16.9 Å². The SMILES string of the molecule is O=CCC(Cl)CCC(=O)Cl. The highest BCUT2D eigenvalue weighted by Gasteiger charge is 2.05. The van der Waals surface area contributed by atoms with Gasteiger partial charge in [0.2, 0.25) is 5.24 Å². The second-order valence-corrected chi connectivity index (χ2v) is 2.93. The summed E-state index contributed by atoms with van der Waals surface area (Å²) in [5, 5.41) is -0.656. The summed E-state index contributed by atoms with van der Waals surface area (Å²) >= 11 is 10.6. The predicted molar refractivity (Wildman–Crippen MR) is 40.4 cm³/mol. The van der Waals surface area contributed by atoms with Gasteiger partial charge in [0.05, 0.1) is 0 Å². The molecule has 4 heteroatoms. The third-order valence-electron chi connectivity index (χ3n) is 1.01. The largest absolute Gasteiger partial charge is 0.303 e. The van der Waals surface area contributed by atoms with E-state index in [1.54, 1.807) is 0 Å². The van der Waals surface area contributed by atoms with Crippen LogP contribution in [0, 0.1) is 0 Å². The summed E-state index contributed by atoms with van der Waals surface area (Å²) in [4.78, 5) is 20.0. The molecule has 0 aromatic carbocycles. The highest BCUT2D eigenvalue weighted by atomic mass is 35.5. The zero-order valence-corrected chi connectivity index (χ0v) is 6.86. The Kier molecular flexibility index (Phi) is 5.64. The minimum absolute atomic E-state index is 0.240. The van der Waals surface area contributed by atoms with Crippen LogP contribution < -0.4 is 0 Å². The van der Waals surface area contributed by atoms with Gasteiger partial charge in [0, 0.05) is 18.2 Å². The van der Waals surface area contributed by atoms with Crippen molar-refractivity contribution < 1.29 is 9.59 Å². The molecule has 0 aliphatic heterocycles. The zero-order chi connectivity index (χ0) is 7.98. The van der Waals surface area contributed by atoms with Crippen LogP contribution in [0.3, 0.4) is 0 Å². The fourth-order valence-electron chi connectivity index (χ4n) is 0.492. The molecular formula is C6H8Cl2O2. The molecule has 0 saturated carbocycles. The van der Waals surface area contributed by atoms with Crippen molar-refractivity contribution >= 4 is 34.7 Å². The molecule has 1 atom stereocenters. The average molecular weight is 183 g/mol. The van der Waals surface area contributed by atoms with E-state index in [2.05, 4.69) is 0 Å². The summed E-state index contributed by atoms with van der Waals surface area (Å²) in [7, 11) is 0. The average Bonchev–Trinajstić information content (AvgIpc) is 1.85. The maximum absolute atomic E-state index is 10.2. The molecule has 0 N–H and O–H groups in total. The summed E-state index contributed by atoms with van der Waals surface area (Å²) in [6, 6.07) is 0. The maximum atomic E-state index is 10.2. The van der Waals surface area contributed by atoms with Crippen LogP contribution in [0.2, 0.25) is 0 Å². The van der Waals surface area contributed by atoms with E-state index in [1.807, 2.05) is 0 Å². The normalized spacial score (nSPS) is 12.6. The van der Waals surface area contributed by atoms with Crippen LogP contribution in [0.15, 0.2) is 0 Å². The maximum Gasteiger partial charge on any atom is 0.221 e. The molecule has 0 fully saturated rings. The summed E-state index contributed by atoms with van der Waals surface area (Å²) in [5.41, 5.74) is 0. The smallest absolute Gasteiger partial charge is 0.221 e. The minimum Gasteiger partial charge on any atom is -0.303 e. The Morgan fingerprint density at radius 1 is 1.60 bits per heavy atom. The van der Waals surface area contributed by atoms with Gasteiger partial charge in [-0.1, -0.05) is 0 Å². The van der Waals surface area contributed by atoms with Crippen molar-refractivity contribution in [1.29, 1.82) is 0 Å². The van der Waals surface area contributed by atoms with Crippen molar-refractivity contribution in [3.8, 4) is 0 Å². The van der Waals surface area contributed by atoms with Gasteiger partial charge < -0.3 is 4.79 Å². The first-order valence-corrected chi connectivity index (χ1v) is 3.74. The van der Waals surface area contributed by atoms with Crippen molar-refractivity contribution in [2.45, 2.75) is 24.6 Å². The summed E-state index contributed by atoms with van der Waals surface area (Å²) < 4.78 is 0. The molecule has 0 bridgehead atoms. The molecule has 58 valence electrons. The highest BCUT2D eigenvalue weighted by molar-refractivity contribution is 6.63. The number of hydrogen-bond donors (Lipinski definition) is 0. The van der Waals surface area contributed by atoms with E-state index in [4.69, 9.17) is 23.2 Å². The van der Waals surface area contributed by atoms with E-state index in [0.29, 0.717) is 6.42 Å². The fraction of sp³-hybridized carbons (Fsp3) is 0.667. The third kappa shape index (κ3) is 6.05. The Hall–Kier alpha value is -0.0800. The van der Waals surface area contributed by atoms with Crippen LogP contribution in [0.1, 0.15) is 19.3 Å². The van der Waals surface area contributed by atoms with Gasteiger partial charge in [-0.15, -0.1) is 11.6 Å². The highest BCUT2D eigenvalue weighted by Crippen LogP contribution is 2.09. The number of alkyl halides is 1. The lowest BCUT2D eigenvalue weighted by Gasteiger charge is -2.00. The summed E-state index contributed by atoms with van der Waals surface area (Å²) in [6.45, 7) is 0. The molecule has 0 amide bonds. The fourth-order valence-corrected chi connectivity index (χ4v) is 0.783. The van der Waals surface area contributed by atoms with Crippen molar-refractivity contribution in [1.82, 2.24) is 0 Å². The van der Waals surface area contributed by atoms with Crippen molar-refractivity contribution in [2.75, 3.05) is 0 Å². The zero-order valence-electron chi connectivity index (χ0n) is 5.35. The molecule has 0 saturated heterocycles. The van der Waals surface area contributed by atoms with E-state index in [1.165, 1.54) is 0 Å². The van der Waals surface area contributed by atoms with E-state index >= 15 is 0 Å². The van der Waals surface area contributed by atoms with Gasteiger partial charge in [0.15, 0.2) is 0 Å². The Morgan fingerprint density at radius 3 is 2.60 bits per heavy atom. The van der Waals surface area contributed by atoms with Crippen LogP contribution in [0.5, 0.6) is 0 Å². The Labute approximate surface area is 69.5 Å². The Morgan fingerprint density at radius 2 is 2.20 bits per heavy atom. The van der Waals surface area contributed by atoms with E-state index in [9.17, 15) is 9.59 Å². The van der Waals surface area contributed by atoms with Gasteiger partial charge in [-0.2, -0.15) is 0 Å². The van der Waals surface area contributed by atoms with E-state index in [0.717, 1.165) is 6.29 Å². The van der Waals surface area contributed by atoms with Gasteiger partial charge in [-0.05, 0) is 18.0 Å². The second kappa shape index (κ2) is 5.69. The predicted octanol–water partition coefficient (Wildman–Crippen LogP) is 1.73. The summed E-state index contributed by atoms with van der Waals surface area (Å²) in [6.07, 6.45) is 1.73. The minimum atomic E-state index is -0.406. The molecule has 0 radical (unpaired) electrons. The van der Waals surface area contributed by atoms with Crippen molar-refractivity contribution in [2.24, 2.45) is 0 Å². The van der Waals surface area contributed by atoms with Crippen LogP contribution in [0.4, 0.5) is 0 Å². The molecule has 10 heavy (non-hydrogen) atoms. The Balaban J connectivity index is 3.29. The molecule has 0 aliphatic rings. The van der Waals surface area contributed by atoms with E-state index in [-0.39, 0.29) is 18.2 Å². The van der Waals surface area contributed by atoms with Gasteiger partial charge in [0.1, 0.15) is 6.29 Å². The van der Waals surface area contributed by atoms with Gasteiger partial charge in [-0.25, -0.2) is 0 Å². The molecule has 0 spiro atoms. The molecule has 0 heterocycles. The quantitative estimate of drug-likeness (QED) is 0.369. The van der Waals surface area contributed by atoms with Crippen molar-refractivity contribution in [3.63, 3.8) is 0 Å². The number of carbonyl (C=O) groups excluding carboxylic acids is 2. The van der Waals surface area contributed by atoms with Crippen LogP contribution in [-0.2, 0) is 9.59 Å². The van der Waals surface area contributed by atoms with Gasteiger partial charge in [0.25, 0.3) is 0 Å². The topological polar surface area (TPSA) is 34.1 Å². The van der Waals surface area contributed by atoms with E-state index < -0.39 is 5.24 Å². The second-order valence-electron chi connectivity index (χ2n) is 1.89. The van der Waals surface area contributed by atoms with Crippen LogP contribution in [0.25, 0.3) is 0 Å². The van der Waals surface area contributed by atoms with Crippen LogP contribution >= 0.6 is 23.2 Å². The number of aldehydes is 1. The molecule has 0 rings (SSSR count). The third-order valence-corrected chi connectivity index (χ3v) is 1.59. The number of hydrogen-bond acceptors (Lipinski definition) is 2.